The summed E-state index contributed by atoms with van der Waals surface area (Å²) >= 11 is 5.88. The van der Waals surface area contributed by atoms with E-state index in [4.69, 9.17) is 16.1 Å². The topological polar surface area (TPSA) is 51.0 Å². The number of hydrogen-bond acceptors (Lipinski definition) is 4. The molecule has 0 fully saturated rings. The highest BCUT2D eigenvalue weighted by Gasteiger charge is 2.15. The summed E-state index contributed by atoms with van der Waals surface area (Å²) in [5.41, 5.74) is 0.915. The van der Waals surface area contributed by atoms with E-state index in [0.717, 1.165) is 24.9 Å². The number of benzene rings is 1. The monoisotopic (exact) mass is 307 g/mol. The molecule has 4 nitrogen and oxygen atoms in total. The van der Waals surface area contributed by atoms with Gasteiger partial charge in [-0.25, -0.2) is 0 Å². The Morgan fingerprint density at radius 2 is 1.95 bits per heavy atom. The summed E-state index contributed by atoms with van der Waals surface area (Å²) < 4.78 is 5.37. The van der Waals surface area contributed by atoms with Crippen molar-refractivity contribution in [2.45, 2.75) is 39.7 Å². The zero-order valence-corrected chi connectivity index (χ0v) is 13.5. The van der Waals surface area contributed by atoms with Crippen molar-refractivity contribution in [3.63, 3.8) is 0 Å². The van der Waals surface area contributed by atoms with Gasteiger partial charge in [-0.05, 0) is 43.1 Å². The molecule has 5 heteroatoms. The zero-order chi connectivity index (χ0) is 15.2. The van der Waals surface area contributed by atoms with E-state index in [1.165, 1.54) is 0 Å². The fourth-order valence-electron chi connectivity index (χ4n) is 2.36. The van der Waals surface area contributed by atoms with Crippen LogP contribution >= 0.6 is 11.6 Å². The summed E-state index contributed by atoms with van der Waals surface area (Å²) in [6.45, 7) is 7.49. The molecule has 21 heavy (non-hydrogen) atoms. The Hall–Kier alpha value is -1.39. The van der Waals surface area contributed by atoms with Crippen molar-refractivity contribution in [3.8, 4) is 11.4 Å². The van der Waals surface area contributed by atoms with Gasteiger partial charge in [-0.15, -0.1) is 0 Å². The van der Waals surface area contributed by atoms with Crippen LogP contribution in [0.5, 0.6) is 0 Å². The minimum Gasteiger partial charge on any atom is -0.339 e. The molecule has 1 heterocycles. The smallest absolute Gasteiger partial charge is 0.228 e. The van der Waals surface area contributed by atoms with Crippen LogP contribution in [0, 0.1) is 5.92 Å². The Labute approximate surface area is 130 Å². The van der Waals surface area contributed by atoms with E-state index in [-0.39, 0.29) is 0 Å². The third kappa shape index (κ3) is 4.83. The van der Waals surface area contributed by atoms with Crippen molar-refractivity contribution in [1.29, 1.82) is 0 Å². The summed E-state index contributed by atoms with van der Waals surface area (Å²) in [6.07, 6.45) is 1.85. The molecule has 0 spiro atoms. The molecule has 0 aliphatic carbocycles. The minimum atomic E-state index is 0.369. The summed E-state index contributed by atoms with van der Waals surface area (Å²) in [5, 5.41) is 8.23. The van der Waals surface area contributed by atoms with E-state index in [1.54, 1.807) is 0 Å². The van der Waals surface area contributed by atoms with E-state index in [0.29, 0.717) is 28.7 Å². The van der Waals surface area contributed by atoms with Gasteiger partial charge in [-0.2, -0.15) is 4.98 Å². The first-order valence-corrected chi connectivity index (χ1v) is 7.78. The molecule has 0 aliphatic heterocycles. The Bertz CT molecular complexity index is 551. The van der Waals surface area contributed by atoms with Crippen LogP contribution in [-0.4, -0.2) is 22.7 Å². The van der Waals surface area contributed by atoms with Crippen LogP contribution in [0.3, 0.4) is 0 Å². The predicted octanol–water partition coefficient (Wildman–Crippen LogP) is 3.96. The van der Waals surface area contributed by atoms with Crippen LogP contribution in [0.4, 0.5) is 0 Å². The third-order valence-corrected chi connectivity index (χ3v) is 3.49. The number of halogens is 1. The summed E-state index contributed by atoms with van der Waals surface area (Å²) in [4.78, 5) is 4.48. The number of aromatic nitrogens is 2. The van der Waals surface area contributed by atoms with Crippen molar-refractivity contribution in [2.24, 2.45) is 5.92 Å². The molecule has 2 rings (SSSR count). The maximum Gasteiger partial charge on any atom is 0.228 e. The largest absolute Gasteiger partial charge is 0.339 e. The molecule has 2 aromatic rings. The lowest BCUT2D eigenvalue weighted by Gasteiger charge is -2.17. The lowest BCUT2D eigenvalue weighted by molar-refractivity contribution is 0.340. The van der Waals surface area contributed by atoms with Crippen LogP contribution in [0.2, 0.25) is 5.02 Å². The molecule has 1 N–H and O–H groups in total. The van der Waals surface area contributed by atoms with E-state index in [9.17, 15) is 0 Å². The van der Waals surface area contributed by atoms with Crippen LogP contribution in [-0.2, 0) is 6.42 Å². The van der Waals surface area contributed by atoms with Crippen molar-refractivity contribution in [2.75, 3.05) is 6.54 Å². The van der Waals surface area contributed by atoms with E-state index < -0.39 is 0 Å². The summed E-state index contributed by atoms with van der Waals surface area (Å²) in [5.74, 6) is 1.92. The van der Waals surface area contributed by atoms with Crippen LogP contribution in [0.15, 0.2) is 28.8 Å². The van der Waals surface area contributed by atoms with Gasteiger partial charge in [0.2, 0.25) is 11.7 Å². The molecule has 0 radical (unpaired) electrons. The summed E-state index contributed by atoms with van der Waals surface area (Å²) in [7, 11) is 0. The molecule has 0 aliphatic rings. The Morgan fingerprint density at radius 1 is 1.24 bits per heavy atom. The highest BCUT2D eigenvalue weighted by molar-refractivity contribution is 6.30. The van der Waals surface area contributed by atoms with E-state index in [1.807, 2.05) is 24.3 Å². The first-order valence-electron chi connectivity index (χ1n) is 7.40. The zero-order valence-electron chi connectivity index (χ0n) is 12.8. The molecule has 0 bridgehead atoms. The molecule has 1 unspecified atom stereocenters. The average Bonchev–Trinajstić information content (AvgIpc) is 2.87. The van der Waals surface area contributed by atoms with Gasteiger partial charge >= 0.3 is 0 Å². The second kappa shape index (κ2) is 7.57. The van der Waals surface area contributed by atoms with Gasteiger partial charge in [-0.3, -0.25) is 0 Å². The second-order valence-electron chi connectivity index (χ2n) is 5.61. The lowest BCUT2D eigenvalue weighted by Crippen LogP contribution is -2.32. The first kappa shape index (κ1) is 16.0. The number of rotatable bonds is 7. The van der Waals surface area contributed by atoms with Crippen molar-refractivity contribution >= 4 is 11.6 Å². The van der Waals surface area contributed by atoms with E-state index in [2.05, 4.69) is 36.2 Å². The fraction of sp³-hybridized carbons (Fsp3) is 0.500. The molecule has 1 aromatic carbocycles. The minimum absolute atomic E-state index is 0.369. The predicted molar refractivity (Wildman–Crippen MR) is 85.4 cm³/mol. The molecule has 1 atom stereocenters. The number of likely N-dealkylation sites (N-methyl/N-ethyl adjacent to an activating group) is 1. The lowest BCUT2D eigenvalue weighted by atomic mass is 10.0. The molecule has 1 aromatic heterocycles. The van der Waals surface area contributed by atoms with Crippen molar-refractivity contribution in [1.82, 2.24) is 15.5 Å². The van der Waals surface area contributed by atoms with Crippen LogP contribution < -0.4 is 5.32 Å². The molecule has 0 amide bonds. The SMILES string of the molecule is CCNC(Cc1nc(-c2ccc(Cl)cc2)no1)CC(C)C. The first-order chi connectivity index (χ1) is 10.1. The number of hydrogen-bond donors (Lipinski definition) is 1. The van der Waals surface area contributed by atoms with Gasteiger partial charge in [0.25, 0.3) is 0 Å². The second-order valence-corrected chi connectivity index (χ2v) is 6.04. The number of nitrogens with one attached hydrogen (secondary N) is 1. The average molecular weight is 308 g/mol. The highest BCUT2D eigenvalue weighted by atomic mass is 35.5. The van der Waals surface area contributed by atoms with Gasteiger partial charge in [0.05, 0.1) is 0 Å². The normalized spacial score (nSPS) is 12.8. The van der Waals surface area contributed by atoms with Crippen molar-refractivity contribution in [3.05, 3.63) is 35.2 Å². The molecular weight excluding hydrogens is 286 g/mol. The quantitative estimate of drug-likeness (QED) is 0.841. The third-order valence-electron chi connectivity index (χ3n) is 3.24. The van der Waals surface area contributed by atoms with Crippen molar-refractivity contribution < 1.29 is 4.52 Å². The standard InChI is InChI=1S/C16H22ClN3O/c1-4-18-14(9-11(2)3)10-15-19-16(20-21-15)12-5-7-13(17)8-6-12/h5-8,11,14,18H,4,9-10H2,1-3H3. The maximum absolute atomic E-state index is 5.88. The summed E-state index contributed by atoms with van der Waals surface area (Å²) in [6, 6.07) is 7.81. The molecule has 0 saturated carbocycles. The Kier molecular flexibility index (Phi) is 5.76. The molecule has 114 valence electrons. The molecular formula is C16H22ClN3O. The van der Waals surface area contributed by atoms with Gasteiger partial charge in [0, 0.05) is 23.0 Å². The fourth-order valence-corrected chi connectivity index (χ4v) is 2.49. The highest BCUT2D eigenvalue weighted by Crippen LogP contribution is 2.19. The van der Waals surface area contributed by atoms with Gasteiger partial charge in [0.15, 0.2) is 0 Å². The Balaban J connectivity index is 2.06. The van der Waals surface area contributed by atoms with Gasteiger partial charge < -0.3 is 9.84 Å². The Morgan fingerprint density at radius 3 is 2.57 bits per heavy atom. The number of nitrogens with zero attached hydrogens (tertiary/aromatic N) is 2. The van der Waals surface area contributed by atoms with E-state index >= 15 is 0 Å². The van der Waals surface area contributed by atoms with Crippen LogP contribution in [0.1, 0.15) is 33.1 Å². The van der Waals surface area contributed by atoms with Crippen LogP contribution in [0.25, 0.3) is 11.4 Å². The van der Waals surface area contributed by atoms with Gasteiger partial charge in [0.1, 0.15) is 0 Å². The molecule has 0 saturated heterocycles. The maximum atomic E-state index is 5.88. The van der Waals surface area contributed by atoms with Gasteiger partial charge in [-0.1, -0.05) is 37.5 Å².